The van der Waals surface area contributed by atoms with E-state index < -0.39 is 5.97 Å². The van der Waals surface area contributed by atoms with Gasteiger partial charge in [0, 0.05) is 18.0 Å². The Morgan fingerprint density at radius 2 is 1.75 bits per heavy atom. The number of furan rings is 1. The standard InChI is InChI=1S/C21H24N2O5/c1-13-18(21(26)27)10-17(28-13)12-23-20(25)16-8-6-14(7-9-16)11-22-19(24)15-4-2-3-5-15/h6-10,15H,2-5,11-12H2,1H3,(H,22,24)(H,23,25)(H,26,27). The van der Waals surface area contributed by atoms with Gasteiger partial charge in [0.1, 0.15) is 17.1 Å². The molecular formula is C21H24N2O5. The zero-order valence-electron chi connectivity index (χ0n) is 15.8. The maximum Gasteiger partial charge on any atom is 0.339 e. The normalized spacial score (nSPS) is 14.0. The molecule has 0 spiro atoms. The number of aryl methyl sites for hydroxylation is 1. The third-order valence-electron chi connectivity index (χ3n) is 5.03. The van der Waals surface area contributed by atoms with Gasteiger partial charge in [-0.25, -0.2) is 4.79 Å². The molecule has 1 fully saturated rings. The van der Waals surface area contributed by atoms with Gasteiger partial charge in [0.15, 0.2) is 0 Å². The van der Waals surface area contributed by atoms with Crippen molar-refractivity contribution in [1.82, 2.24) is 10.6 Å². The van der Waals surface area contributed by atoms with Crippen molar-refractivity contribution in [2.45, 2.75) is 45.7 Å². The average Bonchev–Trinajstić information content (AvgIpc) is 3.34. The largest absolute Gasteiger partial charge is 0.478 e. The van der Waals surface area contributed by atoms with Gasteiger partial charge in [-0.1, -0.05) is 25.0 Å². The Hall–Kier alpha value is -3.09. The number of hydrogen-bond acceptors (Lipinski definition) is 4. The van der Waals surface area contributed by atoms with Crippen LogP contribution in [-0.2, 0) is 17.9 Å². The van der Waals surface area contributed by atoms with Crippen LogP contribution in [0.25, 0.3) is 0 Å². The van der Waals surface area contributed by atoms with Gasteiger partial charge in [-0.2, -0.15) is 0 Å². The monoisotopic (exact) mass is 384 g/mol. The van der Waals surface area contributed by atoms with E-state index in [-0.39, 0.29) is 29.8 Å². The number of aromatic carboxylic acids is 1. The molecule has 0 atom stereocenters. The molecule has 28 heavy (non-hydrogen) atoms. The van der Waals surface area contributed by atoms with E-state index in [0.29, 0.717) is 23.6 Å². The highest BCUT2D eigenvalue weighted by molar-refractivity contribution is 5.94. The molecule has 148 valence electrons. The third kappa shape index (κ3) is 4.79. The summed E-state index contributed by atoms with van der Waals surface area (Å²) in [5.41, 5.74) is 1.50. The van der Waals surface area contributed by atoms with Crippen molar-refractivity contribution < 1.29 is 23.9 Å². The van der Waals surface area contributed by atoms with E-state index in [1.165, 1.54) is 6.07 Å². The summed E-state index contributed by atoms with van der Waals surface area (Å²) in [5, 5.41) is 14.7. The molecule has 1 aliphatic carbocycles. The lowest BCUT2D eigenvalue weighted by Gasteiger charge is -2.10. The first-order chi connectivity index (χ1) is 13.4. The lowest BCUT2D eigenvalue weighted by atomic mass is 10.1. The van der Waals surface area contributed by atoms with E-state index in [1.54, 1.807) is 19.1 Å². The van der Waals surface area contributed by atoms with Crippen LogP contribution < -0.4 is 10.6 Å². The number of benzene rings is 1. The Morgan fingerprint density at radius 3 is 2.36 bits per heavy atom. The molecule has 1 aromatic heterocycles. The van der Waals surface area contributed by atoms with E-state index in [1.807, 2.05) is 12.1 Å². The van der Waals surface area contributed by atoms with Crippen molar-refractivity contribution in [3.63, 3.8) is 0 Å². The van der Waals surface area contributed by atoms with E-state index in [9.17, 15) is 14.4 Å². The zero-order valence-corrected chi connectivity index (χ0v) is 15.8. The second-order valence-electron chi connectivity index (χ2n) is 7.07. The molecule has 7 heteroatoms. The van der Waals surface area contributed by atoms with Crippen molar-refractivity contribution in [3.8, 4) is 0 Å². The summed E-state index contributed by atoms with van der Waals surface area (Å²) >= 11 is 0. The van der Waals surface area contributed by atoms with Gasteiger partial charge in [-0.15, -0.1) is 0 Å². The second kappa shape index (κ2) is 8.73. The van der Waals surface area contributed by atoms with Crippen LogP contribution in [0.3, 0.4) is 0 Å². The summed E-state index contributed by atoms with van der Waals surface area (Å²) in [7, 11) is 0. The number of carboxylic acid groups (broad SMARTS) is 1. The van der Waals surface area contributed by atoms with Crippen molar-refractivity contribution in [2.24, 2.45) is 5.92 Å². The van der Waals surface area contributed by atoms with Crippen molar-refractivity contribution in [3.05, 3.63) is 58.5 Å². The Kier molecular flexibility index (Phi) is 6.13. The molecular weight excluding hydrogens is 360 g/mol. The Labute approximate surface area is 163 Å². The van der Waals surface area contributed by atoms with Gasteiger partial charge in [-0.05, 0) is 43.5 Å². The van der Waals surface area contributed by atoms with Crippen LogP contribution in [0, 0.1) is 12.8 Å². The van der Waals surface area contributed by atoms with Crippen LogP contribution in [0.2, 0.25) is 0 Å². The minimum atomic E-state index is -1.06. The van der Waals surface area contributed by atoms with Gasteiger partial charge in [0.05, 0.1) is 6.54 Å². The van der Waals surface area contributed by atoms with E-state index >= 15 is 0 Å². The summed E-state index contributed by atoms with van der Waals surface area (Å²) in [6, 6.07) is 8.42. The lowest BCUT2D eigenvalue weighted by Crippen LogP contribution is -2.28. The minimum absolute atomic E-state index is 0.0910. The molecule has 7 nitrogen and oxygen atoms in total. The molecule has 2 amide bonds. The van der Waals surface area contributed by atoms with Crippen LogP contribution in [0.15, 0.2) is 34.7 Å². The molecule has 1 aliphatic rings. The second-order valence-corrected chi connectivity index (χ2v) is 7.07. The summed E-state index contributed by atoms with van der Waals surface area (Å²) in [6.45, 7) is 2.12. The SMILES string of the molecule is Cc1oc(CNC(=O)c2ccc(CNC(=O)C3CCCC3)cc2)cc1C(=O)O. The lowest BCUT2D eigenvalue weighted by molar-refractivity contribution is -0.124. The molecule has 0 unspecified atom stereocenters. The number of hydrogen-bond donors (Lipinski definition) is 3. The van der Waals surface area contributed by atoms with E-state index in [4.69, 9.17) is 9.52 Å². The van der Waals surface area contributed by atoms with Crippen LogP contribution >= 0.6 is 0 Å². The van der Waals surface area contributed by atoms with Gasteiger partial charge in [0.25, 0.3) is 5.91 Å². The highest BCUT2D eigenvalue weighted by Crippen LogP contribution is 2.24. The predicted molar refractivity (Wildman–Crippen MR) is 102 cm³/mol. The first kappa shape index (κ1) is 19.7. The first-order valence-electron chi connectivity index (χ1n) is 9.41. The zero-order chi connectivity index (χ0) is 20.1. The molecule has 0 radical (unpaired) electrons. The van der Waals surface area contributed by atoms with Crippen LogP contribution in [-0.4, -0.2) is 22.9 Å². The first-order valence-corrected chi connectivity index (χ1v) is 9.41. The molecule has 1 heterocycles. The number of carbonyl (C=O) groups excluding carboxylic acids is 2. The highest BCUT2D eigenvalue weighted by atomic mass is 16.4. The molecule has 0 aliphatic heterocycles. The van der Waals surface area contributed by atoms with E-state index in [0.717, 1.165) is 31.2 Å². The fourth-order valence-corrected chi connectivity index (χ4v) is 3.41. The van der Waals surface area contributed by atoms with Gasteiger partial charge in [0.2, 0.25) is 5.91 Å². The Bertz CT molecular complexity index is 863. The third-order valence-corrected chi connectivity index (χ3v) is 5.03. The minimum Gasteiger partial charge on any atom is -0.478 e. The maximum absolute atomic E-state index is 12.3. The molecule has 1 aromatic carbocycles. The van der Waals surface area contributed by atoms with Crippen LogP contribution in [0.4, 0.5) is 0 Å². The number of carboxylic acids is 1. The maximum atomic E-state index is 12.3. The molecule has 3 rings (SSSR count). The summed E-state index contributed by atoms with van der Waals surface area (Å²) in [6.07, 6.45) is 4.18. The molecule has 3 N–H and O–H groups in total. The quantitative estimate of drug-likeness (QED) is 0.680. The molecule has 0 saturated heterocycles. The molecule has 2 aromatic rings. The summed E-state index contributed by atoms with van der Waals surface area (Å²) in [4.78, 5) is 35.3. The summed E-state index contributed by atoms with van der Waals surface area (Å²) in [5.74, 6) is -0.414. The molecule has 1 saturated carbocycles. The molecule has 0 bridgehead atoms. The fourth-order valence-electron chi connectivity index (χ4n) is 3.41. The van der Waals surface area contributed by atoms with E-state index in [2.05, 4.69) is 10.6 Å². The topological polar surface area (TPSA) is 109 Å². The Morgan fingerprint density at radius 1 is 1.07 bits per heavy atom. The summed E-state index contributed by atoms with van der Waals surface area (Å²) < 4.78 is 5.34. The average molecular weight is 384 g/mol. The van der Waals surface area contributed by atoms with Gasteiger partial charge < -0.3 is 20.2 Å². The smallest absolute Gasteiger partial charge is 0.339 e. The Balaban J connectivity index is 1.50. The number of rotatable bonds is 7. The van der Waals surface area contributed by atoms with Crippen molar-refractivity contribution >= 4 is 17.8 Å². The number of carbonyl (C=O) groups is 3. The van der Waals surface area contributed by atoms with Gasteiger partial charge >= 0.3 is 5.97 Å². The number of amides is 2. The van der Waals surface area contributed by atoms with Crippen molar-refractivity contribution in [2.75, 3.05) is 0 Å². The predicted octanol–water partition coefficient (Wildman–Crippen LogP) is 3.02. The fraction of sp³-hybridized carbons (Fsp3) is 0.381. The van der Waals surface area contributed by atoms with Crippen molar-refractivity contribution in [1.29, 1.82) is 0 Å². The van der Waals surface area contributed by atoms with Crippen LogP contribution in [0.5, 0.6) is 0 Å². The van der Waals surface area contributed by atoms with Gasteiger partial charge in [-0.3, -0.25) is 9.59 Å². The number of nitrogens with one attached hydrogen (secondary N) is 2. The van der Waals surface area contributed by atoms with Crippen LogP contribution in [0.1, 0.15) is 63.5 Å². The highest BCUT2D eigenvalue weighted by Gasteiger charge is 2.22.